The SMILES string of the molecule is COc1c(CN2O[C@@H](CO)[C@@H]([C@H](C)O)[C@H]2C(=O)N[C@H]2C[C@@H]3C[C@@H]([C@@H]2C)C3(C)C)cccc1-c1cc(C(=O)Nc2nncs2)cc(N(C)C)c1. The van der Waals surface area contributed by atoms with Gasteiger partial charge in [-0.25, -0.2) is 0 Å². The molecule has 0 unspecified atom stereocenters. The summed E-state index contributed by atoms with van der Waals surface area (Å²) in [5.41, 5.74) is 5.33. The first-order valence-corrected chi connectivity index (χ1v) is 17.8. The van der Waals surface area contributed by atoms with Gasteiger partial charge in [-0.15, -0.1) is 10.2 Å². The Labute approximate surface area is 291 Å². The number of aromatic nitrogens is 2. The average molecular weight is 693 g/mol. The zero-order chi connectivity index (χ0) is 35.2. The fourth-order valence-corrected chi connectivity index (χ4v) is 8.82. The largest absolute Gasteiger partial charge is 0.496 e. The molecule has 8 atom stereocenters. The highest BCUT2D eigenvalue weighted by atomic mass is 32.1. The van der Waals surface area contributed by atoms with Gasteiger partial charge in [0.1, 0.15) is 23.4 Å². The first-order valence-electron chi connectivity index (χ1n) is 16.9. The zero-order valence-electron chi connectivity index (χ0n) is 29.2. The predicted octanol–water partition coefficient (Wildman–Crippen LogP) is 4.19. The highest BCUT2D eigenvalue weighted by Crippen LogP contribution is 2.61. The highest BCUT2D eigenvalue weighted by molar-refractivity contribution is 7.13. The minimum atomic E-state index is -0.902. The van der Waals surface area contributed by atoms with E-state index in [-0.39, 0.29) is 36.4 Å². The number of carbonyl (C=O) groups is 2. The summed E-state index contributed by atoms with van der Waals surface area (Å²) in [6.45, 7) is 8.34. The summed E-state index contributed by atoms with van der Waals surface area (Å²) in [6.07, 6.45) is 0.466. The van der Waals surface area contributed by atoms with Gasteiger partial charge in [0.25, 0.3) is 5.91 Å². The van der Waals surface area contributed by atoms with E-state index in [4.69, 9.17) is 9.57 Å². The molecule has 4 aliphatic rings. The molecular formula is C36H48N6O6S. The molecule has 1 aliphatic heterocycles. The summed E-state index contributed by atoms with van der Waals surface area (Å²) >= 11 is 1.24. The van der Waals surface area contributed by atoms with Crippen LogP contribution in [0.25, 0.3) is 11.1 Å². The molecule has 7 rings (SSSR count). The van der Waals surface area contributed by atoms with Crippen LogP contribution in [-0.4, -0.2) is 89.4 Å². The van der Waals surface area contributed by atoms with E-state index in [2.05, 4.69) is 41.6 Å². The average Bonchev–Trinajstić information content (AvgIpc) is 3.72. The molecular weight excluding hydrogens is 644 g/mol. The molecule has 264 valence electrons. The van der Waals surface area contributed by atoms with Crippen LogP contribution in [0.5, 0.6) is 5.75 Å². The molecule has 3 saturated carbocycles. The Morgan fingerprint density at radius 1 is 1.22 bits per heavy atom. The fraction of sp³-hybridized carbons (Fsp3) is 0.556. The van der Waals surface area contributed by atoms with Crippen LogP contribution in [0.3, 0.4) is 0 Å². The molecule has 0 spiro atoms. The monoisotopic (exact) mass is 692 g/mol. The van der Waals surface area contributed by atoms with Crippen LogP contribution in [0.15, 0.2) is 41.9 Å². The van der Waals surface area contributed by atoms with Crippen LogP contribution in [0.4, 0.5) is 10.8 Å². The summed E-state index contributed by atoms with van der Waals surface area (Å²) < 4.78 is 6.01. The standard InChI is InChI=1S/C36H48N6O6S/c1-19-27-14-24(36(27,3)4)15-28(19)38-34(46)31-30(20(2)44)29(17-43)48-42(31)16-21-9-8-10-26(32(21)47-7)22-11-23(13-25(12-22)41(5)6)33(45)39-35-40-37-18-49-35/h8-13,18-20,24,27-31,43-44H,14-17H2,1-7H3,(H,38,46)(H,39,40,45)/t19-,20-,24-,27-,28-,29-,30+,31-/m0/s1. The van der Waals surface area contributed by atoms with Gasteiger partial charge in [0, 0.05) is 48.4 Å². The van der Waals surface area contributed by atoms with Crippen molar-refractivity contribution >= 4 is 34.0 Å². The van der Waals surface area contributed by atoms with Crippen LogP contribution in [0.1, 0.15) is 56.5 Å². The van der Waals surface area contributed by atoms with Gasteiger partial charge >= 0.3 is 0 Å². The van der Waals surface area contributed by atoms with Gasteiger partial charge in [0.05, 0.1) is 26.4 Å². The molecule has 49 heavy (non-hydrogen) atoms. The Morgan fingerprint density at radius 2 is 2.00 bits per heavy atom. The van der Waals surface area contributed by atoms with E-state index < -0.39 is 24.2 Å². The van der Waals surface area contributed by atoms with Crippen molar-refractivity contribution in [1.82, 2.24) is 20.6 Å². The van der Waals surface area contributed by atoms with Crippen LogP contribution in [0.2, 0.25) is 0 Å². The third-order valence-corrected chi connectivity index (χ3v) is 11.9. The van der Waals surface area contributed by atoms with Gasteiger partial charge in [-0.2, -0.15) is 5.06 Å². The van der Waals surface area contributed by atoms with Crippen molar-refractivity contribution in [2.45, 2.75) is 71.4 Å². The number of methoxy groups -OCH3 is 1. The lowest BCUT2D eigenvalue weighted by Gasteiger charge is -2.62. The number of fused-ring (bicyclic) bond motifs is 2. The summed E-state index contributed by atoms with van der Waals surface area (Å²) in [4.78, 5) is 35.6. The van der Waals surface area contributed by atoms with E-state index in [1.807, 2.05) is 43.3 Å². The second-order valence-electron chi connectivity index (χ2n) is 14.6. The molecule has 4 fully saturated rings. The van der Waals surface area contributed by atoms with Crippen molar-refractivity contribution in [3.63, 3.8) is 0 Å². The summed E-state index contributed by atoms with van der Waals surface area (Å²) in [7, 11) is 5.40. The van der Waals surface area contributed by atoms with Crippen molar-refractivity contribution in [3.8, 4) is 16.9 Å². The Morgan fingerprint density at radius 3 is 2.61 bits per heavy atom. The number of benzene rings is 2. The first-order chi connectivity index (χ1) is 23.3. The number of ether oxygens (including phenoxy) is 1. The van der Waals surface area contributed by atoms with Crippen molar-refractivity contribution in [1.29, 1.82) is 0 Å². The minimum absolute atomic E-state index is 0.0362. The third kappa shape index (κ3) is 6.66. The molecule has 13 heteroatoms. The summed E-state index contributed by atoms with van der Waals surface area (Å²) in [5, 5.41) is 37.0. The number of nitrogens with zero attached hydrogens (tertiary/aromatic N) is 4. The second-order valence-corrected chi connectivity index (χ2v) is 15.4. The number of anilines is 2. The smallest absolute Gasteiger partial charge is 0.257 e. The summed E-state index contributed by atoms with van der Waals surface area (Å²) in [5.74, 6) is 0.844. The van der Waals surface area contributed by atoms with E-state index in [0.717, 1.165) is 28.8 Å². The summed E-state index contributed by atoms with van der Waals surface area (Å²) in [6, 6.07) is 10.5. The van der Waals surface area contributed by atoms with Gasteiger partial charge in [-0.05, 0) is 66.7 Å². The number of carbonyl (C=O) groups excluding carboxylic acids is 2. The van der Waals surface area contributed by atoms with Crippen molar-refractivity contribution in [3.05, 3.63) is 53.0 Å². The van der Waals surface area contributed by atoms with Crippen LogP contribution in [-0.2, 0) is 16.2 Å². The van der Waals surface area contributed by atoms with Crippen molar-refractivity contribution in [2.24, 2.45) is 29.1 Å². The Bertz CT molecular complexity index is 1670. The highest BCUT2D eigenvalue weighted by Gasteiger charge is 2.57. The minimum Gasteiger partial charge on any atom is -0.496 e. The second kappa shape index (κ2) is 13.9. The number of hydroxylamine groups is 2. The quantitative estimate of drug-likeness (QED) is 0.231. The van der Waals surface area contributed by atoms with Crippen molar-refractivity contribution in [2.75, 3.05) is 38.0 Å². The number of aliphatic hydroxyl groups is 2. The van der Waals surface area contributed by atoms with E-state index in [9.17, 15) is 19.8 Å². The molecule has 12 nitrogen and oxygen atoms in total. The maximum atomic E-state index is 14.2. The van der Waals surface area contributed by atoms with E-state index >= 15 is 0 Å². The van der Waals surface area contributed by atoms with E-state index in [1.54, 1.807) is 36.7 Å². The lowest BCUT2D eigenvalue weighted by Crippen LogP contribution is -2.62. The third-order valence-electron chi connectivity index (χ3n) is 11.3. The number of aliphatic hydroxyl groups excluding tert-OH is 2. The Hall–Kier alpha value is -3.62. The number of para-hydroxylation sites is 1. The van der Waals surface area contributed by atoms with Gasteiger partial charge in [-0.3, -0.25) is 19.7 Å². The normalized spacial score (nSPS) is 28.0. The predicted molar refractivity (Wildman–Crippen MR) is 188 cm³/mol. The lowest BCUT2D eigenvalue weighted by molar-refractivity contribution is -0.183. The maximum absolute atomic E-state index is 14.2. The fourth-order valence-electron chi connectivity index (χ4n) is 8.38. The number of hydrogen-bond donors (Lipinski definition) is 4. The van der Waals surface area contributed by atoms with Crippen LogP contribution in [0, 0.1) is 29.1 Å². The number of hydrogen-bond acceptors (Lipinski definition) is 11. The number of rotatable bonds is 11. The Kier molecular flexibility index (Phi) is 10.0. The zero-order valence-corrected chi connectivity index (χ0v) is 30.0. The lowest BCUT2D eigenvalue weighted by atomic mass is 9.45. The van der Waals surface area contributed by atoms with Gasteiger partial charge in [-0.1, -0.05) is 50.3 Å². The van der Waals surface area contributed by atoms with Gasteiger partial charge in [0.2, 0.25) is 11.0 Å². The topological polar surface area (TPSA) is 149 Å². The molecule has 2 aromatic carbocycles. The van der Waals surface area contributed by atoms with Crippen LogP contribution >= 0.6 is 11.3 Å². The molecule has 3 aromatic rings. The Balaban J connectivity index is 1.30. The van der Waals surface area contributed by atoms with E-state index in [0.29, 0.717) is 34.2 Å². The first kappa shape index (κ1) is 35.2. The molecule has 1 saturated heterocycles. The molecule has 1 aromatic heterocycles. The van der Waals surface area contributed by atoms with Gasteiger partial charge < -0.3 is 25.2 Å². The molecule has 2 heterocycles. The molecule has 2 amide bonds. The molecule has 2 bridgehead atoms. The molecule has 4 N–H and O–H groups in total. The number of amides is 2. The van der Waals surface area contributed by atoms with Gasteiger partial charge in [0.15, 0.2) is 0 Å². The number of nitrogens with one attached hydrogen (secondary N) is 2. The van der Waals surface area contributed by atoms with E-state index in [1.165, 1.54) is 17.8 Å². The van der Waals surface area contributed by atoms with Crippen LogP contribution < -0.4 is 20.3 Å². The van der Waals surface area contributed by atoms with Crippen molar-refractivity contribution < 1.29 is 29.4 Å². The maximum Gasteiger partial charge on any atom is 0.257 e. The molecule has 0 radical (unpaired) electrons. The molecule has 3 aliphatic carbocycles.